The number of hydrogen-bond donors (Lipinski definition) is 1. The van der Waals surface area contributed by atoms with Gasteiger partial charge < -0.3 is 10.1 Å². The fourth-order valence-electron chi connectivity index (χ4n) is 1.64. The molecule has 0 bridgehead atoms. The monoisotopic (exact) mass is 261 g/mol. The van der Waals surface area contributed by atoms with E-state index < -0.39 is 0 Å². The molecule has 1 aromatic carbocycles. The van der Waals surface area contributed by atoms with E-state index in [4.69, 9.17) is 0 Å². The van der Waals surface area contributed by atoms with Crippen LogP contribution in [0.15, 0.2) is 42.5 Å². The molecule has 1 aromatic rings. The molecule has 0 unspecified atom stereocenters. The van der Waals surface area contributed by atoms with Gasteiger partial charge in [0, 0.05) is 11.6 Å². The Morgan fingerprint density at radius 2 is 2.00 bits per heavy atom. The minimum Gasteiger partial charge on any atom is -0.469 e. The molecule has 0 radical (unpaired) electrons. The van der Waals surface area contributed by atoms with E-state index in [0.29, 0.717) is 12.0 Å². The summed E-state index contributed by atoms with van der Waals surface area (Å²) in [5, 5.41) is 2.84. The third kappa shape index (κ3) is 5.38. The number of carbonyl (C=O) groups is 2. The molecule has 0 aliphatic carbocycles. The largest absolute Gasteiger partial charge is 0.469 e. The van der Waals surface area contributed by atoms with Gasteiger partial charge in [0.2, 0.25) is 0 Å². The van der Waals surface area contributed by atoms with Gasteiger partial charge in [0.05, 0.1) is 13.5 Å². The van der Waals surface area contributed by atoms with Crippen LogP contribution in [0.5, 0.6) is 0 Å². The Morgan fingerprint density at radius 1 is 1.32 bits per heavy atom. The van der Waals surface area contributed by atoms with Crippen molar-refractivity contribution in [3.05, 3.63) is 48.0 Å². The van der Waals surface area contributed by atoms with Crippen LogP contribution in [0, 0.1) is 0 Å². The highest BCUT2D eigenvalue weighted by molar-refractivity contribution is 5.94. The van der Waals surface area contributed by atoms with E-state index in [1.807, 2.05) is 25.1 Å². The summed E-state index contributed by atoms with van der Waals surface area (Å²) in [5.41, 5.74) is 0.581. The van der Waals surface area contributed by atoms with Gasteiger partial charge in [-0.1, -0.05) is 30.4 Å². The van der Waals surface area contributed by atoms with Crippen molar-refractivity contribution in [3.8, 4) is 0 Å². The zero-order chi connectivity index (χ0) is 14.1. The SMILES string of the molecule is C/C=C/C[C@H](CC(=O)OC)NC(=O)c1ccccc1. The van der Waals surface area contributed by atoms with E-state index in [1.54, 1.807) is 24.3 Å². The average molecular weight is 261 g/mol. The van der Waals surface area contributed by atoms with Gasteiger partial charge in [-0.25, -0.2) is 0 Å². The second-order valence-corrected chi connectivity index (χ2v) is 4.12. The minimum atomic E-state index is -0.331. The van der Waals surface area contributed by atoms with Crippen molar-refractivity contribution in [2.75, 3.05) is 7.11 Å². The number of ether oxygens (including phenoxy) is 1. The Balaban J connectivity index is 2.65. The van der Waals surface area contributed by atoms with Gasteiger partial charge in [-0.3, -0.25) is 9.59 Å². The van der Waals surface area contributed by atoms with E-state index in [9.17, 15) is 9.59 Å². The number of hydrogen-bond acceptors (Lipinski definition) is 3. The summed E-state index contributed by atoms with van der Waals surface area (Å²) in [4.78, 5) is 23.3. The number of nitrogens with one attached hydrogen (secondary N) is 1. The summed E-state index contributed by atoms with van der Waals surface area (Å²) in [6.07, 6.45) is 4.57. The predicted molar refractivity (Wildman–Crippen MR) is 73.8 cm³/mol. The van der Waals surface area contributed by atoms with E-state index in [2.05, 4.69) is 10.1 Å². The van der Waals surface area contributed by atoms with Crippen molar-refractivity contribution in [3.63, 3.8) is 0 Å². The van der Waals surface area contributed by atoms with E-state index in [1.165, 1.54) is 7.11 Å². The van der Waals surface area contributed by atoms with Crippen LogP contribution in [0.25, 0.3) is 0 Å². The lowest BCUT2D eigenvalue weighted by molar-refractivity contribution is -0.141. The van der Waals surface area contributed by atoms with Crippen LogP contribution in [0.4, 0.5) is 0 Å². The second-order valence-electron chi connectivity index (χ2n) is 4.12. The average Bonchev–Trinajstić information content (AvgIpc) is 2.45. The summed E-state index contributed by atoms with van der Waals surface area (Å²) >= 11 is 0. The number of allylic oxidation sites excluding steroid dienone is 1. The Kier molecular flexibility index (Phi) is 6.36. The fourth-order valence-corrected chi connectivity index (χ4v) is 1.64. The van der Waals surface area contributed by atoms with Gasteiger partial charge >= 0.3 is 5.97 Å². The molecule has 0 saturated heterocycles. The number of benzene rings is 1. The molecular formula is C15H19NO3. The zero-order valence-corrected chi connectivity index (χ0v) is 11.3. The summed E-state index contributed by atoms with van der Waals surface area (Å²) in [7, 11) is 1.34. The maximum absolute atomic E-state index is 12.0. The van der Waals surface area contributed by atoms with Crippen molar-refractivity contribution >= 4 is 11.9 Å². The first-order valence-corrected chi connectivity index (χ1v) is 6.21. The molecule has 0 saturated carbocycles. The molecule has 0 spiro atoms. The molecule has 0 fully saturated rings. The highest BCUT2D eigenvalue weighted by Crippen LogP contribution is 2.05. The van der Waals surface area contributed by atoms with Gasteiger partial charge in [-0.05, 0) is 25.5 Å². The lowest BCUT2D eigenvalue weighted by Crippen LogP contribution is -2.36. The molecule has 1 rings (SSSR count). The Hall–Kier alpha value is -2.10. The first-order valence-electron chi connectivity index (χ1n) is 6.21. The molecule has 4 heteroatoms. The molecule has 0 aliphatic rings. The molecule has 1 N–H and O–H groups in total. The van der Waals surface area contributed by atoms with Crippen LogP contribution >= 0.6 is 0 Å². The first-order chi connectivity index (χ1) is 9.17. The number of methoxy groups -OCH3 is 1. The Bertz CT molecular complexity index is 440. The number of carbonyl (C=O) groups excluding carboxylic acids is 2. The van der Waals surface area contributed by atoms with E-state index in [-0.39, 0.29) is 24.3 Å². The van der Waals surface area contributed by atoms with Gasteiger partial charge in [0.15, 0.2) is 0 Å². The topological polar surface area (TPSA) is 55.4 Å². The third-order valence-electron chi connectivity index (χ3n) is 2.67. The van der Waals surface area contributed by atoms with Gasteiger partial charge in [0.25, 0.3) is 5.91 Å². The highest BCUT2D eigenvalue weighted by atomic mass is 16.5. The van der Waals surface area contributed by atoms with Gasteiger partial charge in [0.1, 0.15) is 0 Å². The zero-order valence-electron chi connectivity index (χ0n) is 11.3. The molecule has 1 amide bonds. The summed E-state index contributed by atoms with van der Waals surface area (Å²) in [6, 6.07) is 8.67. The third-order valence-corrected chi connectivity index (χ3v) is 2.67. The van der Waals surface area contributed by atoms with Crippen LogP contribution in [0.1, 0.15) is 30.1 Å². The molecule has 1 atom stereocenters. The van der Waals surface area contributed by atoms with Crippen molar-refractivity contribution < 1.29 is 14.3 Å². The first kappa shape index (κ1) is 15.0. The highest BCUT2D eigenvalue weighted by Gasteiger charge is 2.16. The summed E-state index contributed by atoms with van der Waals surface area (Å²) in [5.74, 6) is -0.512. The van der Waals surface area contributed by atoms with Crippen molar-refractivity contribution in [2.45, 2.75) is 25.8 Å². The van der Waals surface area contributed by atoms with E-state index in [0.717, 1.165) is 0 Å². The van der Waals surface area contributed by atoms with Crippen LogP contribution < -0.4 is 5.32 Å². The smallest absolute Gasteiger partial charge is 0.307 e. The maximum Gasteiger partial charge on any atom is 0.307 e. The molecule has 102 valence electrons. The normalized spacial score (nSPS) is 12.1. The lowest BCUT2D eigenvalue weighted by Gasteiger charge is -2.16. The molecule has 0 heterocycles. The Morgan fingerprint density at radius 3 is 2.58 bits per heavy atom. The number of esters is 1. The van der Waals surface area contributed by atoms with Crippen molar-refractivity contribution in [1.29, 1.82) is 0 Å². The summed E-state index contributed by atoms with van der Waals surface area (Å²) < 4.78 is 4.63. The van der Waals surface area contributed by atoms with E-state index >= 15 is 0 Å². The molecule has 0 aromatic heterocycles. The molecular weight excluding hydrogens is 242 g/mol. The van der Waals surface area contributed by atoms with Crippen molar-refractivity contribution in [2.24, 2.45) is 0 Å². The maximum atomic E-state index is 12.0. The number of rotatable bonds is 6. The molecule has 4 nitrogen and oxygen atoms in total. The van der Waals surface area contributed by atoms with Crippen LogP contribution in [-0.2, 0) is 9.53 Å². The van der Waals surface area contributed by atoms with Crippen LogP contribution in [-0.4, -0.2) is 25.0 Å². The van der Waals surface area contributed by atoms with Crippen molar-refractivity contribution in [1.82, 2.24) is 5.32 Å². The quantitative estimate of drug-likeness (QED) is 0.631. The minimum absolute atomic E-state index is 0.166. The molecule has 19 heavy (non-hydrogen) atoms. The number of amides is 1. The second kappa shape index (κ2) is 8.08. The van der Waals surface area contributed by atoms with Gasteiger partial charge in [-0.2, -0.15) is 0 Å². The van der Waals surface area contributed by atoms with Gasteiger partial charge in [-0.15, -0.1) is 0 Å². The summed E-state index contributed by atoms with van der Waals surface area (Å²) in [6.45, 7) is 1.90. The van der Waals surface area contributed by atoms with Crippen LogP contribution in [0.2, 0.25) is 0 Å². The lowest BCUT2D eigenvalue weighted by atomic mass is 10.1. The predicted octanol–water partition coefficient (Wildman–Crippen LogP) is 2.31. The Labute approximate surface area is 113 Å². The fraction of sp³-hybridized carbons (Fsp3) is 0.333. The molecule has 0 aliphatic heterocycles. The standard InChI is InChI=1S/C15H19NO3/c1-3-4-10-13(11-14(17)19-2)16-15(18)12-8-6-5-7-9-12/h3-9,13H,10-11H2,1-2H3,(H,16,18)/b4-3+/t13-/m1/s1. The van der Waals surface area contributed by atoms with Crippen LogP contribution in [0.3, 0.4) is 0 Å².